The molecule has 1 aromatic carbocycles. The highest BCUT2D eigenvalue weighted by molar-refractivity contribution is 6.39. The number of fused-ring (bicyclic) bond motifs is 1. The average Bonchev–Trinajstić information content (AvgIpc) is 2.99. The van der Waals surface area contributed by atoms with E-state index < -0.39 is 0 Å². The number of carbonyl (C=O) groups is 2. The fourth-order valence-electron chi connectivity index (χ4n) is 3.53. The van der Waals surface area contributed by atoms with E-state index in [-0.39, 0.29) is 17.9 Å². The molecule has 0 fully saturated rings. The molecule has 4 rings (SSSR count). The van der Waals surface area contributed by atoms with Crippen molar-refractivity contribution in [2.75, 3.05) is 7.05 Å². The van der Waals surface area contributed by atoms with Crippen LogP contribution < -0.4 is 5.32 Å². The zero-order chi connectivity index (χ0) is 18.8. The Hall–Kier alpha value is -3.03. The minimum Gasteiger partial charge on any atom is -0.348 e. The van der Waals surface area contributed by atoms with E-state index in [0.29, 0.717) is 18.6 Å². The summed E-state index contributed by atoms with van der Waals surface area (Å²) in [5, 5.41) is 17.1. The number of nitrogens with one attached hydrogen (secondary N) is 1. The van der Waals surface area contributed by atoms with Gasteiger partial charge in [0.1, 0.15) is 11.5 Å². The molecule has 27 heavy (non-hydrogen) atoms. The zero-order valence-corrected chi connectivity index (χ0v) is 15.3. The van der Waals surface area contributed by atoms with Crippen LogP contribution in [0.5, 0.6) is 0 Å². The van der Waals surface area contributed by atoms with Gasteiger partial charge in [-0.3, -0.25) is 9.59 Å². The first-order valence-electron chi connectivity index (χ1n) is 9.24. The Bertz CT molecular complexity index is 889. The molecular weight excluding hydrogens is 344 g/mol. The van der Waals surface area contributed by atoms with Crippen LogP contribution in [-0.4, -0.2) is 50.4 Å². The van der Waals surface area contributed by atoms with Crippen molar-refractivity contribution in [3.05, 3.63) is 36.2 Å². The number of rotatable bonds is 3. The van der Waals surface area contributed by atoms with Gasteiger partial charge < -0.3 is 9.88 Å². The van der Waals surface area contributed by atoms with Crippen LogP contribution in [0.2, 0.25) is 0 Å². The number of hydrazone groups is 1. The lowest BCUT2D eigenvalue weighted by molar-refractivity contribution is -0.130. The smallest absolute Gasteiger partial charge is 0.267 e. The Morgan fingerprint density at radius 1 is 1.11 bits per heavy atom. The van der Waals surface area contributed by atoms with Crippen molar-refractivity contribution in [1.29, 1.82) is 0 Å². The van der Waals surface area contributed by atoms with Crippen LogP contribution >= 0.6 is 0 Å². The van der Waals surface area contributed by atoms with Crippen molar-refractivity contribution >= 4 is 17.5 Å². The fraction of sp³-hybridized carbons (Fsp3) is 0.421. The predicted octanol–water partition coefficient (Wildman–Crippen LogP) is 1.37. The van der Waals surface area contributed by atoms with Gasteiger partial charge in [-0.05, 0) is 12.8 Å². The maximum atomic E-state index is 12.5. The number of carbonyl (C=O) groups excluding carboxylic acids is 2. The molecule has 0 radical (unpaired) electrons. The summed E-state index contributed by atoms with van der Waals surface area (Å²) in [6, 6.07) is 10.1. The van der Waals surface area contributed by atoms with Crippen LogP contribution in [0.4, 0.5) is 0 Å². The van der Waals surface area contributed by atoms with E-state index >= 15 is 0 Å². The number of nitrogens with zero attached hydrogens (tertiary/aromatic N) is 5. The summed E-state index contributed by atoms with van der Waals surface area (Å²) in [4.78, 5) is 24.0. The van der Waals surface area contributed by atoms with E-state index in [2.05, 4.69) is 25.2 Å². The van der Waals surface area contributed by atoms with E-state index in [1.54, 1.807) is 7.05 Å². The highest BCUT2D eigenvalue weighted by Gasteiger charge is 2.26. The number of aryl methyl sites for hydroxylation is 1. The number of hydrogen-bond acceptors (Lipinski definition) is 5. The van der Waals surface area contributed by atoms with Gasteiger partial charge in [-0.15, -0.1) is 10.2 Å². The van der Waals surface area contributed by atoms with Crippen molar-refractivity contribution in [3.8, 4) is 11.4 Å². The summed E-state index contributed by atoms with van der Waals surface area (Å²) in [6.45, 7) is 0.752. The monoisotopic (exact) mass is 366 g/mol. The van der Waals surface area contributed by atoms with Gasteiger partial charge in [-0.2, -0.15) is 5.10 Å². The first kappa shape index (κ1) is 17.4. The standard InChI is InChI=1S/C19H22N6O2/c1-24-17(26)10-8-15(23-24)19(27)20-14-7-9-16-21-22-18(25(16)12-11-14)13-5-3-2-4-6-13/h2-6,14H,7-12H2,1H3,(H,20,27). The second kappa shape index (κ2) is 7.30. The number of aromatic nitrogens is 3. The molecule has 1 unspecified atom stereocenters. The lowest BCUT2D eigenvalue weighted by Gasteiger charge is -2.21. The van der Waals surface area contributed by atoms with Gasteiger partial charge in [0.15, 0.2) is 5.82 Å². The molecule has 2 aliphatic heterocycles. The SMILES string of the molecule is CN1N=C(C(=O)NC2CCc3nnc(-c4ccccc4)n3CC2)CCC1=O. The highest BCUT2D eigenvalue weighted by atomic mass is 16.2. The zero-order valence-electron chi connectivity index (χ0n) is 15.3. The maximum absolute atomic E-state index is 12.5. The third-order valence-corrected chi connectivity index (χ3v) is 5.08. The first-order valence-corrected chi connectivity index (χ1v) is 9.24. The van der Waals surface area contributed by atoms with Crippen molar-refractivity contribution in [1.82, 2.24) is 25.1 Å². The van der Waals surface area contributed by atoms with Crippen molar-refractivity contribution in [2.45, 2.75) is 44.7 Å². The molecule has 2 aliphatic rings. The molecule has 8 heteroatoms. The van der Waals surface area contributed by atoms with Gasteiger partial charge >= 0.3 is 0 Å². The third-order valence-electron chi connectivity index (χ3n) is 5.08. The Morgan fingerprint density at radius 2 is 1.93 bits per heavy atom. The van der Waals surface area contributed by atoms with Gasteiger partial charge in [-0.25, -0.2) is 5.01 Å². The molecule has 140 valence electrons. The normalized spacial score (nSPS) is 19.9. The Balaban J connectivity index is 1.44. The van der Waals surface area contributed by atoms with Crippen molar-refractivity contribution in [2.24, 2.45) is 5.10 Å². The molecule has 0 spiro atoms. The van der Waals surface area contributed by atoms with Crippen LogP contribution in [0.1, 0.15) is 31.5 Å². The van der Waals surface area contributed by atoms with Crippen LogP contribution in [0.25, 0.3) is 11.4 Å². The van der Waals surface area contributed by atoms with E-state index in [0.717, 1.165) is 43.0 Å². The summed E-state index contributed by atoms with van der Waals surface area (Å²) >= 11 is 0. The van der Waals surface area contributed by atoms with Crippen molar-refractivity contribution in [3.63, 3.8) is 0 Å². The van der Waals surface area contributed by atoms with E-state index in [1.807, 2.05) is 30.3 Å². The van der Waals surface area contributed by atoms with Crippen LogP contribution in [0, 0.1) is 0 Å². The molecule has 8 nitrogen and oxygen atoms in total. The van der Waals surface area contributed by atoms with Crippen molar-refractivity contribution < 1.29 is 9.59 Å². The minimum absolute atomic E-state index is 0.0495. The lowest BCUT2D eigenvalue weighted by Crippen LogP contribution is -2.42. The van der Waals surface area contributed by atoms with Gasteiger partial charge in [-0.1, -0.05) is 30.3 Å². The molecule has 0 saturated carbocycles. The third kappa shape index (κ3) is 3.60. The molecule has 1 N–H and O–H groups in total. The minimum atomic E-state index is -0.180. The second-order valence-electron chi connectivity index (χ2n) is 6.92. The van der Waals surface area contributed by atoms with Crippen LogP contribution in [0.3, 0.4) is 0 Å². The van der Waals surface area contributed by atoms with Gasteiger partial charge in [0.2, 0.25) is 5.91 Å². The summed E-state index contributed by atoms with van der Waals surface area (Å²) in [5.41, 5.74) is 1.47. The fourth-order valence-corrected chi connectivity index (χ4v) is 3.53. The predicted molar refractivity (Wildman–Crippen MR) is 99.8 cm³/mol. The first-order chi connectivity index (χ1) is 13.1. The summed E-state index contributed by atoms with van der Waals surface area (Å²) < 4.78 is 2.14. The molecule has 0 aliphatic carbocycles. The molecule has 1 atom stereocenters. The summed E-state index contributed by atoms with van der Waals surface area (Å²) in [5.74, 6) is 1.58. The number of benzene rings is 1. The topological polar surface area (TPSA) is 92.5 Å². The Labute approximate surface area is 157 Å². The second-order valence-corrected chi connectivity index (χ2v) is 6.92. The molecule has 2 amide bonds. The molecule has 0 saturated heterocycles. The lowest BCUT2D eigenvalue weighted by atomic mass is 10.1. The molecule has 0 bridgehead atoms. The maximum Gasteiger partial charge on any atom is 0.267 e. The van der Waals surface area contributed by atoms with Gasteiger partial charge in [0.25, 0.3) is 5.91 Å². The number of amides is 2. The van der Waals surface area contributed by atoms with E-state index in [9.17, 15) is 9.59 Å². The average molecular weight is 366 g/mol. The molecular formula is C19H22N6O2. The highest BCUT2D eigenvalue weighted by Crippen LogP contribution is 2.22. The van der Waals surface area contributed by atoms with E-state index in [1.165, 1.54) is 5.01 Å². The van der Waals surface area contributed by atoms with Gasteiger partial charge in [0.05, 0.1) is 0 Å². The summed E-state index contributed by atoms with van der Waals surface area (Å²) in [7, 11) is 1.58. The molecule has 2 aromatic rings. The number of hydrogen-bond donors (Lipinski definition) is 1. The van der Waals surface area contributed by atoms with E-state index in [4.69, 9.17) is 0 Å². The van der Waals surface area contributed by atoms with Crippen LogP contribution in [0.15, 0.2) is 35.4 Å². The Morgan fingerprint density at radius 3 is 2.70 bits per heavy atom. The van der Waals surface area contributed by atoms with Gasteiger partial charge in [0, 0.05) is 44.5 Å². The Kier molecular flexibility index (Phi) is 4.70. The quantitative estimate of drug-likeness (QED) is 0.888. The molecule has 1 aromatic heterocycles. The molecule has 3 heterocycles. The summed E-state index contributed by atoms with van der Waals surface area (Å²) in [6.07, 6.45) is 3.09. The van der Waals surface area contributed by atoms with Crippen LogP contribution in [-0.2, 0) is 22.6 Å². The largest absolute Gasteiger partial charge is 0.348 e.